The summed E-state index contributed by atoms with van der Waals surface area (Å²) in [6.07, 6.45) is 6.05. The summed E-state index contributed by atoms with van der Waals surface area (Å²) in [6, 6.07) is 6.24. The zero-order valence-corrected chi connectivity index (χ0v) is 15.7. The molecule has 1 aliphatic rings. The number of hydrogen-bond donors (Lipinski definition) is 2. The van der Waals surface area contributed by atoms with Crippen LogP contribution in [0.5, 0.6) is 5.75 Å². The number of phenols is 1. The minimum Gasteiger partial charge on any atom is -0.508 e. The molecule has 0 radical (unpaired) electrons. The van der Waals surface area contributed by atoms with Crippen LogP contribution in [0.3, 0.4) is 0 Å². The largest absolute Gasteiger partial charge is 0.508 e. The fourth-order valence-corrected chi connectivity index (χ4v) is 4.59. The van der Waals surface area contributed by atoms with Gasteiger partial charge in [0.25, 0.3) is 10.0 Å². The predicted octanol–water partition coefficient (Wildman–Crippen LogP) is 3.80. The van der Waals surface area contributed by atoms with Crippen molar-refractivity contribution >= 4 is 15.7 Å². The highest BCUT2D eigenvalue weighted by Crippen LogP contribution is 2.34. The van der Waals surface area contributed by atoms with E-state index in [1.54, 1.807) is 6.20 Å². The van der Waals surface area contributed by atoms with Gasteiger partial charge in [0, 0.05) is 17.3 Å². The Kier molecular flexibility index (Phi) is 4.53. The van der Waals surface area contributed by atoms with Gasteiger partial charge in [0.1, 0.15) is 10.6 Å². The Morgan fingerprint density at radius 2 is 1.76 bits per heavy atom. The highest BCUT2D eigenvalue weighted by atomic mass is 32.2. The molecule has 1 aromatic heterocycles. The van der Waals surface area contributed by atoms with E-state index in [0.29, 0.717) is 11.4 Å². The molecular formula is C18H25N3O3S. The van der Waals surface area contributed by atoms with Gasteiger partial charge in [-0.1, -0.05) is 33.6 Å². The van der Waals surface area contributed by atoms with Crippen molar-refractivity contribution in [3.8, 4) is 5.75 Å². The van der Waals surface area contributed by atoms with Crippen LogP contribution >= 0.6 is 0 Å². The lowest BCUT2D eigenvalue weighted by Crippen LogP contribution is -2.20. The van der Waals surface area contributed by atoms with Crippen LogP contribution < -0.4 is 4.72 Å². The molecular weight excluding hydrogens is 338 g/mol. The third-order valence-corrected chi connectivity index (χ3v) is 5.90. The van der Waals surface area contributed by atoms with E-state index in [-0.39, 0.29) is 22.1 Å². The molecule has 1 aliphatic carbocycles. The number of anilines is 1. The summed E-state index contributed by atoms with van der Waals surface area (Å²) in [6.45, 7) is 5.90. The smallest absolute Gasteiger partial charge is 0.265 e. The Morgan fingerprint density at radius 1 is 1.16 bits per heavy atom. The molecule has 0 spiro atoms. The van der Waals surface area contributed by atoms with Gasteiger partial charge < -0.3 is 5.11 Å². The van der Waals surface area contributed by atoms with Crippen LogP contribution in [0.25, 0.3) is 0 Å². The summed E-state index contributed by atoms with van der Waals surface area (Å²) in [5.74, 6) is 0.0902. The average Bonchev–Trinajstić information content (AvgIpc) is 3.17. The van der Waals surface area contributed by atoms with Gasteiger partial charge in [-0.25, -0.2) is 8.42 Å². The molecule has 25 heavy (non-hydrogen) atoms. The third kappa shape index (κ3) is 3.81. The maximum atomic E-state index is 13.0. The predicted molar refractivity (Wildman–Crippen MR) is 97.3 cm³/mol. The molecule has 1 fully saturated rings. The molecule has 0 bridgehead atoms. The van der Waals surface area contributed by atoms with Gasteiger partial charge in [-0.3, -0.25) is 9.40 Å². The van der Waals surface area contributed by atoms with E-state index in [2.05, 4.69) is 9.82 Å². The number of nitrogens with one attached hydrogen (secondary N) is 1. The standard InChI is InChI=1S/C18H25N3O3S/c1-18(2,3)17-16(12-21(19-17)14-6-4-5-7-14)25(23,24)20-13-8-10-15(22)11-9-13/h8-12,14,20,22H,4-7H2,1-3H3. The van der Waals surface area contributed by atoms with E-state index >= 15 is 0 Å². The second-order valence-electron chi connectivity index (χ2n) is 7.66. The zero-order valence-electron chi connectivity index (χ0n) is 14.9. The first-order valence-corrected chi connectivity index (χ1v) is 10.1. The summed E-state index contributed by atoms with van der Waals surface area (Å²) in [5, 5.41) is 14.0. The van der Waals surface area contributed by atoms with Crippen molar-refractivity contribution in [3.05, 3.63) is 36.2 Å². The monoisotopic (exact) mass is 363 g/mol. The van der Waals surface area contributed by atoms with Crippen LogP contribution in [-0.2, 0) is 15.4 Å². The van der Waals surface area contributed by atoms with Gasteiger partial charge >= 0.3 is 0 Å². The molecule has 6 nitrogen and oxygen atoms in total. The molecule has 0 unspecified atom stereocenters. The summed E-state index contributed by atoms with van der Waals surface area (Å²) in [5.41, 5.74) is 0.597. The summed E-state index contributed by atoms with van der Waals surface area (Å²) in [7, 11) is -3.76. The molecule has 2 N–H and O–H groups in total. The Morgan fingerprint density at radius 3 is 2.32 bits per heavy atom. The molecule has 3 rings (SSSR count). The van der Waals surface area contributed by atoms with Crippen molar-refractivity contribution in [3.63, 3.8) is 0 Å². The van der Waals surface area contributed by atoms with E-state index in [4.69, 9.17) is 0 Å². The van der Waals surface area contributed by atoms with Crippen molar-refractivity contribution < 1.29 is 13.5 Å². The number of sulfonamides is 1. The fourth-order valence-electron chi connectivity index (χ4n) is 3.19. The van der Waals surface area contributed by atoms with Crippen molar-refractivity contribution in [2.45, 2.75) is 62.8 Å². The first-order chi connectivity index (χ1) is 11.7. The SMILES string of the molecule is CC(C)(C)c1nn(C2CCCC2)cc1S(=O)(=O)Nc1ccc(O)cc1. The van der Waals surface area contributed by atoms with Crippen molar-refractivity contribution in [1.82, 2.24) is 9.78 Å². The lowest BCUT2D eigenvalue weighted by atomic mass is 9.92. The Balaban J connectivity index is 1.99. The number of benzene rings is 1. The van der Waals surface area contributed by atoms with E-state index in [1.807, 2.05) is 25.5 Å². The number of hydrogen-bond acceptors (Lipinski definition) is 4. The minimum atomic E-state index is -3.76. The highest BCUT2D eigenvalue weighted by Gasteiger charge is 2.32. The second-order valence-corrected chi connectivity index (χ2v) is 9.31. The zero-order chi connectivity index (χ0) is 18.2. The van der Waals surface area contributed by atoms with Gasteiger partial charge in [0.05, 0.1) is 11.7 Å². The van der Waals surface area contributed by atoms with Crippen LogP contribution in [0, 0.1) is 0 Å². The van der Waals surface area contributed by atoms with E-state index in [9.17, 15) is 13.5 Å². The van der Waals surface area contributed by atoms with Crippen LogP contribution in [0.1, 0.15) is 58.2 Å². The van der Waals surface area contributed by atoms with E-state index in [1.165, 1.54) is 24.3 Å². The van der Waals surface area contributed by atoms with Crippen LogP contribution in [0.15, 0.2) is 35.4 Å². The summed E-state index contributed by atoms with van der Waals surface area (Å²) in [4.78, 5) is 0.222. The number of aromatic hydroxyl groups is 1. The molecule has 1 aromatic carbocycles. The third-order valence-electron chi connectivity index (χ3n) is 4.52. The maximum absolute atomic E-state index is 13.0. The first kappa shape index (κ1) is 17.8. The lowest BCUT2D eigenvalue weighted by molar-refractivity contribution is 0.448. The molecule has 0 aliphatic heterocycles. The quantitative estimate of drug-likeness (QED) is 0.809. The fraction of sp³-hybridized carbons (Fsp3) is 0.500. The second kappa shape index (κ2) is 6.37. The number of aromatic nitrogens is 2. The molecule has 2 aromatic rings. The van der Waals surface area contributed by atoms with Gasteiger partial charge in [0.2, 0.25) is 0 Å². The van der Waals surface area contributed by atoms with Crippen molar-refractivity contribution in [2.24, 2.45) is 0 Å². The van der Waals surface area contributed by atoms with Gasteiger partial charge in [-0.05, 0) is 37.1 Å². The molecule has 7 heteroatoms. The summed E-state index contributed by atoms with van der Waals surface area (Å²) < 4.78 is 30.3. The summed E-state index contributed by atoms with van der Waals surface area (Å²) >= 11 is 0. The Labute approximate surface area is 148 Å². The molecule has 0 saturated heterocycles. The van der Waals surface area contributed by atoms with Crippen LogP contribution in [0.2, 0.25) is 0 Å². The average molecular weight is 363 g/mol. The van der Waals surface area contributed by atoms with Crippen LogP contribution in [-0.4, -0.2) is 23.3 Å². The van der Waals surface area contributed by atoms with Gasteiger partial charge in [-0.15, -0.1) is 0 Å². The topological polar surface area (TPSA) is 84.2 Å². The van der Waals surface area contributed by atoms with Crippen LogP contribution in [0.4, 0.5) is 5.69 Å². The normalized spacial score (nSPS) is 16.3. The molecule has 0 atom stereocenters. The number of rotatable bonds is 4. The Hall–Kier alpha value is -2.02. The number of phenolic OH excluding ortho intramolecular Hbond substituents is 1. The molecule has 1 saturated carbocycles. The van der Waals surface area contributed by atoms with Gasteiger partial charge in [-0.2, -0.15) is 5.10 Å². The van der Waals surface area contributed by atoms with E-state index in [0.717, 1.165) is 25.7 Å². The highest BCUT2D eigenvalue weighted by molar-refractivity contribution is 7.92. The lowest BCUT2D eigenvalue weighted by Gasteiger charge is -2.18. The molecule has 0 amide bonds. The maximum Gasteiger partial charge on any atom is 0.265 e. The molecule has 136 valence electrons. The molecule has 1 heterocycles. The van der Waals surface area contributed by atoms with Gasteiger partial charge in [0.15, 0.2) is 0 Å². The Bertz CT molecular complexity index is 843. The van der Waals surface area contributed by atoms with Crippen molar-refractivity contribution in [1.29, 1.82) is 0 Å². The van der Waals surface area contributed by atoms with E-state index < -0.39 is 10.0 Å². The van der Waals surface area contributed by atoms with Crippen molar-refractivity contribution in [2.75, 3.05) is 4.72 Å². The number of nitrogens with zero attached hydrogens (tertiary/aromatic N) is 2. The first-order valence-electron chi connectivity index (χ1n) is 8.58. The minimum absolute atomic E-state index is 0.0902.